The highest BCUT2D eigenvalue weighted by atomic mass is 16.5. The van der Waals surface area contributed by atoms with Gasteiger partial charge in [0.05, 0.1) is 18.2 Å². The summed E-state index contributed by atoms with van der Waals surface area (Å²) in [5, 5.41) is 5.40. The summed E-state index contributed by atoms with van der Waals surface area (Å²) < 4.78 is 6.94. The third-order valence-corrected chi connectivity index (χ3v) is 5.25. The Bertz CT molecular complexity index is 969. The van der Waals surface area contributed by atoms with E-state index in [1.165, 1.54) is 7.11 Å². The van der Waals surface area contributed by atoms with Gasteiger partial charge in [-0.15, -0.1) is 0 Å². The van der Waals surface area contributed by atoms with Gasteiger partial charge >= 0.3 is 5.97 Å². The lowest BCUT2D eigenvalue weighted by Gasteiger charge is -2.27. The summed E-state index contributed by atoms with van der Waals surface area (Å²) in [5.41, 5.74) is 1.96. The van der Waals surface area contributed by atoms with Crippen LogP contribution in [0.15, 0.2) is 36.7 Å². The fourth-order valence-electron chi connectivity index (χ4n) is 3.96. The maximum atomic E-state index is 12.7. The molecule has 1 aliphatic rings. The average molecular weight is 351 g/mol. The van der Waals surface area contributed by atoms with Gasteiger partial charge in [0.25, 0.3) is 0 Å². The average Bonchev–Trinajstić information content (AvgIpc) is 3.25. The lowest BCUT2D eigenvalue weighted by molar-refractivity contribution is -0.146. The molecule has 0 N–H and O–H groups in total. The summed E-state index contributed by atoms with van der Waals surface area (Å²) in [6.45, 7) is 3.19. The van der Waals surface area contributed by atoms with E-state index in [-0.39, 0.29) is 5.97 Å². The second kappa shape index (κ2) is 6.09. The molecule has 0 aliphatic carbocycles. The molecule has 1 saturated heterocycles. The Balaban J connectivity index is 1.79. The summed E-state index contributed by atoms with van der Waals surface area (Å²) in [7, 11) is 3.32. The van der Waals surface area contributed by atoms with E-state index < -0.39 is 5.41 Å². The molecule has 7 nitrogen and oxygen atoms in total. The normalized spacial score (nSPS) is 19.9. The number of esters is 1. The fourth-order valence-corrected chi connectivity index (χ4v) is 3.96. The Morgan fingerprint density at radius 2 is 2.00 bits per heavy atom. The van der Waals surface area contributed by atoms with Crippen LogP contribution < -0.4 is 4.90 Å². The zero-order valence-corrected chi connectivity index (χ0v) is 15.1. The second-order valence-corrected chi connectivity index (χ2v) is 6.72. The van der Waals surface area contributed by atoms with Crippen molar-refractivity contribution in [1.82, 2.24) is 19.7 Å². The zero-order valence-electron chi connectivity index (χ0n) is 15.1. The zero-order chi connectivity index (χ0) is 18.3. The Morgan fingerprint density at radius 1 is 1.23 bits per heavy atom. The van der Waals surface area contributed by atoms with Gasteiger partial charge in [-0.05, 0) is 18.9 Å². The maximum absolute atomic E-state index is 12.7. The number of aryl methyl sites for hydroxylation is 2. The minimum atomic E-state index is -0.691. The van der Waals surface area contributed by atoms with Gasteiger partial charge < -0.3 is 9.64 Å². The number of hydrogen-bond acceptors (Lipinski definition) is 6. The quantitative estimate of drug-likeness (QED) is 0.672. The monoisotopic (exact) mass is 351 g/mol. The van der Waals surface area contributed by atoms with Crippen LogP contribution in [0.25, 0.3) is 11.0 Å². The van der Waals surface area contributed by atoms with Gasteiger partial charge in [-0.25, -0.2) is 9.97 Å². The van der Waals surface area contributed by atoms with E-state index in [0.29, 0.717) is 19.5 Å². The third kappa shape index (κ3) is 2.34. The number of carbonyl (C=O) groups excluding carboxylic acids is 1. The first kappa shape index (κ1) is 16.5. The molecule has 3 aromatic rings. The summed E-state index contributed by atoms with van der Waals surface area (Å²) in [5.74, 6) is 0.613. The Morgan fingerprint density at radius 3 is 2.73 bits per heavy atom. The molecule has 3 heterocycles. The molecule has 26 heavy (non-hydrogen) atoms. The van der Waals surface area contributed by atoms with Crippen molar-refractivity contribution >= 4 is 22.8 Å². The standard InChI is InChI=1S/C19H21N5O2/c1-13-15-16(23(2)22-13)20-12-21-17(15)24-10-9-19(11-24,18(25)26-3)14-7-5-4-6-8-14/h4-8,12H,9-11H2,1-3H3/t19-/m0/s1. The minimum Gasteiger partial charge on any atom is -0.468 e. The highest BCUT2D eigenvalue weighted by Gasteiger charge is 2.47. The van der Waals surface area contributed by atoms with Gasteiger partial charge in [0.1, 0.15) is 17.6 Å². The van der Waals surface area contributed by atoms with Crippen molar-refractivity contribution in [3.05, 3.63) is 47.9 Å². The number of anilines is 1. The molecule has 0 amide bonds. The molecule has 0 saturated carbocycles. The summed E-state index contributed by atoms with van der Waals surface area (Å²) in [4.78, 5) is 23.8. The number of nitrogens with zero attached hydrogens (tertiary/aromatic N) is 5. The molecule has 0 unspecified atom stereocenters. The molecular formula is C19H21N5O2. The van der Waals surface area contributed by atoms with Crippen LogP contribution in [-0.4, -0.2) is 45.9 Å². The Hall–Kier alpha value is -2.96. The molecule has 1 aromatic carbocycles. The molecule has 4 rings (SSSR count). The van der Waals surface area contributed by atoms with Crippen LogP contribution in [0.2, 0.25) is 0 Å². The number of ether oxygens (including phenoxy) is 1. The number of rotatable bonds is 3. The predicted molar refractivity (Wildman–Crippen MR) is 98.0 cm³/mol. The van der Waals surface area contributed by atoms with E-state index in [2.05, 4.69) is 20.0 Å². The van der Waals surface area contributed by atoms with Crippen molar-refractivity contribution in [2.75, 3.05) is 25.1 Å². The summed E-state index contributed by atoms with van der Waals surface area (Å²) in [6, 6.07) is 9.85. The fraction of sp³-hybridized carbons (Fsp3) is 0.368. The predicted octanol–water partition coefficient (Wildman–Crippen LogP) is 1.99. The number of fused-ring (bicyclic) bond motifs is 1. The highest BCUT2D eigenvalue weighted by molar-refractivity contribution is 5.91. The lowest BCUT2D eigenvalue weighted by atomic mass is 9.79. The third-order valence-electron chi connectivity index (χ3n) is 5.25. The topological polar surface area (TPSA) is 73.1 Å². The maximum Gasteiger partial charge on any atom is 0.318 e. The molecule has 1 fully saturated rings. The van der Waals surface area contributed by atoms with Crippen LogP contribution in [0.5, 0.6) is 0 Å². The molecule has 7 heteroatoms. The molecular weight excluding hydrogens is 330 g/mol. The van der Waals surface area contributed by atoms with E-state index >= 15 is 0 Å². The van der Waals surface area contributed by atoms with Crippen molar-refractivity contribution in [3.8, 4) is 0 Å². The van der Waals surface area contributed by atoms with E-state index in [9.17, 15) is 4.79 Å². The van der Waals surface area contributed by atoms with Crippen molar-refractivity contribution < 1.29 is 9.53 Å². The van der Waals surface area contributed by atoms with E-state index in [0.717, 1.165) is 28.1 Å². The van der Waals surface area contributed by atoms with Gasteiger partial charge in [-0.2, -0.15) is 5.10 Å². The van der Waals surface area contributed by atoms with Crippen LogP contribution in [0.4, 0.5) is 5.82 Å². The van der Waals surface area contributed by atoms with Crippen LogP contribution in [0.1, 0.15) is 17.7 Å². The van der Waals surface area contributed by atoms with Crippen molar-refractivity contribution in [1.29, 1.82) is 0 Å². The second-order valence-electron chi connectivity index (χ2n) is 6.72. The minimum absolute atomic E-state index is 0.209. The van der Waals surface area contributed by atoms with E-state index in [1.807, 2.05) is 44.3 Å². The number of hydrogen-bond donors (Lipinski definition) is 0. The van der Waals surface area contributed by atoms with Gasteiger partial charge in [0.15, 0.2) is 5.65 Å². The smallest absolute Gasteiger partial charge is 0.318 e. The first-order valence-corrected chi connectivity index (χ1v) is 8.60. The van der Waals surface area contributed by atoms with Crippen LogP contribution in [-0.2, 0) is 22.0 Å². The Labute approximate surface area is 151 Å². The van der Waals surface area contributed by atoms with Crippen molar-refractivity contribution in [3.63, 3.8) is 0 Å². The lowest BCUT2D eigenvalue weighted by Crippen LogP contribution is -2.40. The Kier molecular flexibility index (Phi) is 3.86. The molecule has 0 radical (unpaired) electrons. The number of aromatic nitrogens is 4. The molecule has 1 aliphatic heterocycles. The van der Waals surface area contributed by atoms with Gasteiger partial charge in [-0.1, -0.05) is 30.3 Å². The van der Waals surface area contributed by atoms with Crippen LogP contribution in [0, 0.1) is 6.92 Å². The summed E-state index contributed by atoms with van der Waals surface area (Å²) >= 11 is 0. The number of methoxy groups -OCH3 is 1. The first-order valence-electron chi connectivity index (χ1n) is 8.60. The van der Waals surface area contributed by atoms with Crippen molar-refractivity contribution in [2.45, 2.75) is 18.8 Å². The van der Waals surface area contributed by atoms with Gasteiger partial charge in [-0.3, -0.25) is 9.48 Å². The molecule has 1 atom stereocenters. The number of benzene rings is 1. The van der Waals surface area contributed by atoms with Crippen LogP contribution >= 0.6 is 0 Å². The summed E-state index contributed by atoms with van der Waals surface area (Å²) in [6.07, 6.45) is 2.23. The highest BCUT2D eigenvalue weighted by Crippen LogP contribution is 2.39. The SMILES string of the molecule is COC(=O)[C@@]1(c2ccccc2)CCN(c2ncnc3c2c(C)nn3C)C1. The van der Waals surface area contributed by atoms with Crippen LogP contribution in [0.3, 0.4) is 0 Å². The largest absolute Gasteiger partial charge is 0.468 e. The van der Waals surface area contributed by atoms with E-state index in [4.69, 9.17) is 4.74 Å². The van der Waals surface area contributed by atoms with E-state index in [1.54, 1.807) is 11.0 Å². The molecule has 2 aromatic heterocycles. The first-order chi connectivity index (χ1) is 12.6. The van der Waals surface area contributed by atoms with Gasteiger partial charge in [0.2, 0.25) is 0 Å². The number of carbonyl (C=O) groups is 1. The van der Waals surface area contributed by atoms with Crippen molar-refractivity contribution in [2.24, 2.45) is 7.05 Å². The molecule has 134 valence electrons. The van der Waals surface area contributed by atoms with Gasteiger partial charge in [0, 0.05) is 20.1 Å². The molecule has 0 spiro atoms. The molecule has 0 bridgehead atoms.